The monoisotopic (exact) mass is 362 g/mol. The Balaban J connectivity index is 1.64. The number of hydrogen-bond donors (Lipinski definition) is 2. The second-order valence-corrected chi connectivity index (χ2v) is 6.15. The Labute approximate surface area is 144 Å². The smallest absolute Gasteiger partial charge is 0.273 e. The summed E-state index contributed by atoms with van der Waals surface area (Å²) >= 11 is 7.06. The Morgan fingerprint density at radius 3 is 2.71 bits per heavy atom. The second-order valence-electron chi connectivity index (χ2n) is 4.84. The van der Waals surface area contributed by atoms with Crippen LogP contribution < -0.4 is 16.4 Å². The molecule has 1 aromatic carbocycles. The van der Waals surface area contributed by atoms with E-state index < -0.39 is 17.4 Å². The van der Waals surface area contributed by atoms with E-state index in [-0.39, 0.29) is 12.0 Å². The zero-order valence-electron chi connectivity index (χ0n) is 12.2. The van der Waals surface area contributed by atoms with E-state index >= 15 is 0 Å². The number of hydrogen-bond acceptors (Lipinski definition) is 5. The second kappa shape index (κ2) is 6.81. The van der Waals surface area contributed by atoms with E-state index in [4.69, 9.17) is 11.6 Å². The van der Waals surface area contributed by atoms with Crippen molar-refractivity contribution in [1.29, 1.82) is 0 Å². The highest BCUT2D eigenvalue weighted by atomic mass is 35.5. The summed E-state index contributed by atoms with van der Waals surface area (Å²) in [6, 6.07) is 6.77. The van der Waals surface area contributed by atoms with E-state index in [9.17, 15) is 14.4 Å². The van der Waals surface area contributed by atoms with Crippen molar-refractivity contribution in [2.45, 2.75) is 6.42 Å². The molecule has 2 N–H and O–H groups in total. The Kier molecular flexibility index (Phi) is 4.59. The predicted molar refractivity (Wildman–Crippen MR) is 90.1 cm³/mol. The number of carbonyl (C=O) groups is 2. The van der Waals surface area contributed by atoms with Crippen molar-refractivity contribution < 1.29 is 9.59 Å². The molecule has 0 radical (unpaired) electrons. The standard InChI is InChI=1S/C15H11ClN4O3S/c16-10-3-1-9(2-4-10)7-12(21)18-19-13(22)11-8-17-15-20(14(11)23)5-6-24-15/h1-6,8H,7H2,(H,18,21)(H,19,22). The van der Waals surface area contributed by atoms with Crippen molar-refractivity contribution in [2.24, 2.45) is 0 Å². The minimum absolute atomic E-state index is 0.0677. The molecule has 0 unspecified atom stereocenters. The van der Waals surface area contributed by atoms with Gasteiger partial charge in [0.15, 0.2) is 4.96 Å². The molecule has 2 amide bonds. The average Bonchev–Trinajstić information content (AvgIpc) is 3.05. The summed E-state index contributed by atoms with van der Waals surface area (Å²) in [4.78, 5) is 40.5. The van der Waals surface area contributed by atoms with E-state index in [1.807, 2.05) is 0 Å². The third kappa shape index (κ3) is 3.44. The third-order valence-corrected chi connectivity index (χ3v) is 4.20. The lowest BCUT2D eigenvalue weighted by Crippen LogP contribution is -2.44. The lowest BCUT2D eigenvalue weighted by Gasteiger charge is -2.07. The Hall–Kier alpha value is -2.71. The summed E-state index contributed by atoms with van der Waals surface area (Å²) in [5.41, 5.74) is 4.58. The van der Waals surface area contributed by atoms with Crippen LogP contribution in [-0.2, 0) is 11.2 Å². The molecule has 122 valence electrons. The molecule has 3 aromatic rings. The summed E-state index contributed by atoms with van der Waals surface area (Å²) in [7, 11) is 0. The van der Waals surface area contributed by atoms with Crippen LogP contribution >= 0.6 is 22.9 Å². The molecule has 9 heteroatoms. The lowest BCUT2D eigenvalue weighted by molar-refractivity contribution is -0.121. The molecule has 7 nitrogen and oxygen atoms in total. The van der Waals surface area contributed by atoms with Crippen molar-refractivity contribution in [3.63, 3.8) is 0 Å². The summed E-state index contributed by atoms with van der Waals surface area (Å²) in [6.45, 7) is 0. The number of fused-ring (bicyclic) bond motifs is 1. The van der Waals surface area contributed by atoms with E-state index in [2.05, 4.69) is 15.8 Å². The van der Waals surface area contributed by atoms with E-state index in [0.717, 1.165) is 5.56 Å². The van der Waals surface area contributed by atoms with Gasteiger partial charge in [0, 0.05) is 22.8 Å². The highest BCUT2D eigenvalue weighted by Gasteiger charge is 2.14. The van der Waals surface area contributed by atoms with Gasteiger partial charge >= 0.3 is 0 Å². The number of halogens is 1. The SMILES string of the molecule is O=C(Cc1ccc(Cl)cc1)NNC(=O)c1cnc2sccn2c1=O. The Bertz CT molecular complexity index is 965. The minimum Gasteiger partial charge on any atom is -0.273 e. The number of rotatable bonds is 3. The number of nitrogens with zero attached hydrogens (tertiary/aromatic N) is 2. The van der Waals surface area contributed by atoms with Crippen LogP contribution in [0, 0.1) is 0 Å². The number of nitrogens with one attached hydrogen (secondary N) is 2. The number of carbonyl (C=O) groups excluding carboxylic acids is 2. The predicted octanol–water partition coefficient (Wildman–Crippen LogP) is 1.41. The third-order valence-electron chi connectivity index (χ3n) is 3.18. The molecule has 0 fully saturated rings. The molecule has 0 aliphatic carbocycles. The first-order valence-electron chi connectivity index (χ1n) is 6.83. The van der Waals surface area contributed by atoms with Gasteiger partial charge < -0.3 is 0 Å². The van der Waals surface area contributed by atoms with Gasteiger partial charge in [-0.05, 0) is 17.7 Å². The van der Waals surface area contributed by atoms with Gasteiger partial charge in [-0.1, -0.05) is 23.7 Å². The van der Waals surface area contributed by atoms with Gasteiger partial charge in [-0.3, -0.25) is 29.6 Å². The fraction of sp³-hybridized carbons (Fsp3) is 0.0667. The lowest BCUT2D eigenvalue weighted by atomic mass is 10.1. The van der Waals surface area contributed by atoms with Crippen LogP contribution in [0.3, 0.4) is 0 Å². The molecule has 0 aliphatic heterocycles. The summed E-state index contributed by atoms with van der Waals surface area (Å²) in [5.74, 6) is -1.15. The molecule has 0 aliphatic rings. The number of aromatic nitrogens is 2. The first-order chi connectivity index (χ1) is 11.5. The van der Waals surface area contributed by atoms with Gasteiger partial charge in [0.2, 0.25) is 5.91 Å². The van der Waals surface area contributed by atoms with E-state index in [1.54, 1.807) is 29.6 Å². The van der Waals surface area contributed by atoms with Crippen LogP contribution in [-0.4, -0.2) is 21.2 Å². The van der Waals surface area contributed by atoms with Crippen molar-refractivity contribution in [3.05, 3.63) is 68.5 Å². The number of hydrazine groups is 1. The van der Waals surface area contributed by atoms with Gasteiger partial charge in [0.1, 0.15) is 5.56 Å². The van der Waals surface area contributed by atoms with E-state index in [1.165, 1.54) is 28.1 Å². The fourth-order valence-corrected chi connectivity index (χ4v) is 2.81. The van der Waals surface area contributed by atoms with Crippen LogP contribution in [0.2, 0.25) is 5.02 Å². The van der Waals surface area contributed by atoms with Crippen LogP contribution in [0.1, 0.15) is 15.9 Å². The highest BCUT2D eigenvalue weighted by Crippen LogP contribution is 2.09. The Morgan fingerprint density at radius 2 is 1.96 bits per heavy atom. The van der Waals surface area contributed by atoms with Crippen molar-refractivity contribution in [1.82, 2.24) is 20.2 Å². The zero-order chi connectivity index (χ0) is 17.1. The topological polar surface area (TPSA) is 92.6 Å². The summed E-state index contributed by atoms with van der Waals surface area (Å²) in [5, 5.41) is 2.27. The van der Waals surface area contributed by atoms with Crippen molar-refractivity contribution >= 4 is 39.7 Å². The number of amides is 2. The van der Waals surface area contributed by atoms with Gasteiger partial charge in [-0.25, -0.2) is 4.98 Å². The quantitative estimate of drug-likeness (QED) is 0.689. The molecule has 0 saturated heterocycles. The summed E-state index contributed by atoms with van der Waals surface area (Å²) < 4.78 is 1.27. The molecule has 0 spiro atoms. The average molecular weight is 363 g/mol. The van der Waals surface area contributed by atoms with Gasteiger partial charge in [-0.15, -0.1) is 11.3 Å². The van der Waals surface area contributed by atoms with Crippen LogP contribution in [0.25, 0.3) is 4.96 Å². The molecule has 2 aromatic heterocycles. The molecular formula is C15H11ClN4O3S. The molecule has 0 atom stereocenters. The van der Waals surface area contributed by atoms with Crippen molar-refractivity contribution in [3.8, 4) is 0 Å². The molecule has 0 bridgehead atoms. The van der Waals surface area contributed by atoms with Gasteiger partial charge in [0.25, 0.3) is 11.5 Å². The van der Waals surface area contributed by atoms with E-state index in [0.29, 0.717) is 9.98 Å². The molecule has 3 rings (SSSR count). The van der Waals surface area contributed by atoms with Crippen LogP contribution in [0.4, 0.5) is 0 Å². The summed E-state index contributed by atoms with van der Waals surface area (Å²) in [6.07, 6.45) is 2.79. The molecule has 0 saturated carbocycles. The van der Waals surface area contributed by atoms with Crippen molar-refractivity contribution in [2.75, 3.05) is 0 Å². The number of thiazole rings is 1. The van der Waals surface area contributed by atoms with Crippen LogP contribution in [0.15, 0.2) is 46.8 Å². The largest absolute Gasteiger partial charge is 0.276 e. The fourth-order valence-electron chi connectivity index (χ4n) is 2.01. The first kappa shape index (κ1) is 16.2. The zero-order valence-corrected chi connectivity index (χ0v) is 13.7. The molecule has 24 heavy (non-hydrogen) atoms. The van der Waals surface area contributed by atoms with Gasteiger partial charge in [-0.2, -0.15) is 0 Å². The number of benzene rings is 1. The van der Waals surface area contributed by atoms with Gasteiger partial charge in [0.05, 0.1) is 6.42 Å². The maximum Gasteiger partial charge on any atom is 0.276 e. The first-order valence-corrected chi connectivity index (χ1v) is 8.09. The van der Waals surface area contributed by atoms with Crippen LogP contribution in [0.5, 0.6) is 0 Å². The highest BCUT2D eigenvalue weighted by molar-refractivity contribution is 7.15. The molecular weight excluding hydrogens is 352 g/mol. The maximum absolute atomic E-state index is 12.1. The Morgan fingerprint density at radius 1 is 1.21 bits per heavy atom. The minimum atomic E-state index is -0.724. The molecule has 2 heterocycles. The normalized spacial score (nSPS) is 10.5. The maximum atomic E-state index is 12.1.